The van der Waals surface area contributed by atoms with Gasteiger partial charge in [-0.1, -0.05) is 36.4 Å². The lowest BCUT2D eigenvalue weighted by Crippen LogP contribution is -2.30. The molecule has 25 heavy (non-hydrogen) atoms. The van der Waals surface area contributed by atoms with Crippen LogP contribution in [-0.2, 0) is 13.1 Å². The molecule has 126 valence electrons. The van der Waals surface area contributed by atoms with Crippen molar-refractivity contribution >= 4 is 0 Å². The summed E-state index contributed by atoms with van der Waals surface area (Å²) in [5, 5.41) is 18.5. The summed E-state index contributed by atoms with van der Waals surface area (Å²) in [6, 6.07) is 20.3. The molecule has 0 atom stereocenters. The topological polar surface area (TPSA) is 54.1 Å². The molecule has 3 rings (SSSR count). The Morgan fingerprint density at radius 1 is 0.680 bits per heavy atom. The number of hydrogen-bond acceptors (Lipinski definition) is 4. The van der Waals surface area contributed by atoms with Gasteiger partial charge in [0.15, 0.2) is 0 Å². The largest absolute Gasteiger partial charge is 0.298 e. The number of nitrogens with zero attached hydrogens (tertiary/aromatic N) is 4. The van der Waals surface area contributed by atoms with Crippen LogP contribution >= 0.6 is 0 Å². The van der Waals surface area contributed by atoms with Crippen molar-refractivity contribution in [2.24, 2.45) is 0 Å². The van der Waals surface area contributed by atoms with Crippen molar-refractivity contribution in [3.8, 4) is 12.1 Å². The molecule has 0 N–H and O–H groups in total. The van der Waals surface area contributed by atoms with Crippen molar-refractivity contribution in [2.75, 3.05) is 26.2 Å². The SMILES string of the molecule is N#Cc1ccccc1CN1CCCN(Cc2ccccc2C#N)CC1. The van der Waals surface area contributed by atoms with Gasteiger partial charge in [0.1, 0.15) is 0 Å². The molecule has 0 radical (unpaired) electrons. The van der Waals surface area contributed by atoms with Crippen molar-refractivity contribution in [1.82, 2.24) is 9.80 Å². The standard InChI is InChI=1S/C21H22N4/c22-14-18-6-1-3-8-20(18)16-24-10-5-11-25(13-12-24)17-21-9-4-2-7-19(21)15-23/h1-4,6-9H,5,10-13,16-17H2. The zero-order chi connectivity index (χ0) is 17.5. The molecule has 4 heteroatoms. The van der Waals surface area contributed by atoms with E-state index in [1.807, 2.05) is 48.5 Å². The van der Waals surface area contributed by atoms with Crippen molar-refractivity contribution in [2.45, 2.75) is 19.5 Å². The predicted molar refractivity (Wildman–Crippen MR) is 97.5 cm³/mol. The minimum Gasteiger partial charge on any atom is -0.298 e. The van der Waals surface area contributed by atoms with Gasteiger partial charge in [0.25, 0.3) is 0 Å². The molecule has 2 aromatic rings. The summed E-state index contributed by atoms with van der Waals surface area (Å²) in [6.45, 7) is 5.69. The third kappa shape index (κ3) is 4.45. The second-order valence-corrected chi connectivity index (χ2v) is 6.44. The minimum absolute atomic E-state index is 0.770. The average Bonchev–Trinajstić information content (AvgIpc) is 2.88. The van der Waals surface area contributed by atoms with Crippen LogP contribution in [0.25, 0.3) is 0 Å². The van der Waals surface area contributed by atoms with Crippen LogP contribution in [0.15, 0.2) is 48.5 Å². The fourth-order valence-electron chi connectivity index (χ4n) is 3.36. The van der Waals surface area contributed by atoms with Crippen LogP contribution in [0.3, 0.4) is 0 Å². The molecule has 0 saturated carbocycles. The molecular weight excluding hydrogens is 308 g/mol. The second-order valence-electron chi connectivity index (χ2n) is 6.44. The highest BCUT2D eigenvalue weighted by Crippen LogP contribution is 2.15. The molecule has 0 amide bonds. The van der Waals surface area contributed by atoms with E-state index in [0.29, 0.717) is 0 Å². The molecule has 0 spiro atoms. The zero-order valence-corrected chi connectivity index (χ0v) is 14.4. The molecule has 1 fully saturated rings. The van der Waals surface area contributed by atoms with Crippen molar-refractivity contribution in [1.29, 1.82) is 10.5 Å². The average molecular weight is 330 g/mol. The van der Waals surface area contributed by atoms with Crippen LogP contribution in [0.2, 0.25) is 0 Å². The van der Waals surface area contributed by atoms with E-state index >= 15 is 0 Å². The molecule has 0 aliphatic carbocycles. The van der Waals surface area contributed by atoms with Gasteiger partial charge in [0.2, 0.25) is 0 Å². The summed E-state index contributed by atoms with van der Waals surface area (Å²) in [5.41, 5.74) is 3.75. The molecular formula is C21H22N4. The Morgan fingerprint density at radius 3 is 1.56 bits per heavy atom. The first-order chi connectivity index (χ1) is 12.3. The third-order valence-corrected chi connectivity index (χ3v) is 4.74. The maximum absolute atomic E-state index is 9.26. The van der Waals surface area contributed by atoms with Crippen LogP contribution in [-0.4, -0.2) is 36.0 Å². The molecule has 1 aliphatic rings. The smallest absolute Gasteiger partial charge is 0.0995 e. The first-order valence-electron chi connectivity index (χ1n) is 8.71. The lowest BCUT2D eigenvalue weighted by Gasteiger charge is -2.22. The summed E-state index contributed by atoms with van der Waals surface area (Å²) in [6.07, 6.45) is 1.10. The number of hydrogen-bond donors (Lipinski definition) is 0. The van der Waals surface area contributed by atoms with Crippen LogP contribution in [0.4, 0.5) is 0 Å². The lowest BCUT2D eigenvalue weighted by atomic mass is 10.1. The van der Waals surface area contributed by atoms with Gasteiger partial charge in [0, 0.05) is 26.2 Å². The summed E-state index contributed by atoms with van der Waals surface area (Å²) >= 11 is 0. The van der Waals surface area contributed by atoms with Gasteiger partial charge < -0.3 is 0 Å². The van der Waals surface area contributed by atoms with E-state index in [0.717, 1.165) is 67.9 Å². The molecule has 2 aromatic carbocycles. The van der Waals surface area contributed by atoms with Crippen molar-refractivity contribution in [3.63, 3.8) is 0 Å². The Bertz CT molecular complexity index is 733. The highest BCUT2D eigenvalue weighted by molar-refractivity contribution is 5.38. The summed E-state index contributed by atoms with van der Waals surface area (Å²) in [4.78, 5) is 4.85. The van der Waals surface area contributed by atoms with Crippen LogP contribution in [0.5, 0.6) is 0 Å². The van der Waals surface area contributed by atoms with E-state index in [9.17, 15) is 10.5 Å². The lowest BCUT2D eigenvalue weighted by molar-refractivity contribution is 0.247. The predicted octanol–water partition coefficient (Wildman–Crippen LogP) is 3.14. The fraction of sp³-hybridized carbons (Fsp3) is 0.333. The monoisotopic (exact) mass is 330 g/mol. The summed E-state index contributed by atoms with van der Waals surface area (Å²) < 4.78 is 0. The van der Waals surface area contributed by atoms with E-state index in [4.69, 9.17) is 0 Å². The maximum atomic E-state index is 9.26. The van der Waals surface area contributed by atoms with Gasteiger partial charge in [-0.15, -0.1) is 0 Å². The van der Waals surface area contributed by atoms with E-state index in [1.165, 1.54) is 0 Å². The van der Waals surface area contributed by atoms with Gasteiger partial charge in [-0.05, 0) is 42.8 Å². The number of nitriles is 2. The number of rotatable bonds is 4. The Hall–Kier alpha value is -2.66. The molecule has 0 unspecified atom stereocenters. The molecule has 1 aliphatic heterocycles. The van der Waals surface area contributed by atoms with E-state index < -0.39 is 0 Å². The normalized spacial score (nSPS) is 15.9. The van der Waals surface area contributed by atoms with Gasteiger partial charge in [0.05, 0.1) is 23.3 Å². The van der Waals surface area contributed by atoms with Crippen LogP contribution < -0.4 is 0 Å². The first-order valence-corrected chi connectivity index (χ1v) is 8.71. The molecule has 1 saturated heterocycles. The molecule has 1 heterocycles. The van der Waals surface area contributed by atoms with Crippen molar-refractivity contribution < 1.29 is 0 Å². The van der Waals surface area contributed by atoms with Crippen LogP contribution in [0, 0.1) is 22.7 Å². The molecule has 0 bridgehead atoms. The second kappa shape index (κ2) is 8.44. The summed E-state index contributed by atoms with van der Waals surface area (Å²) in [5.74, 6) is 0. The highest BCUT2D eigenvalue weighted by Gasteiger charge is 2.17. The zero-order valence-electron chi connectivity index (χ0n) is 14.4. The highest BCUT2D eigenvalue weighted by atomic mass is 15.2. The minimum atomic E-state index is 0.770. The Labute approximate surface area is 149 Å². The quantitative estimate of drug-likeness (QED) is 0.864. The summed E-state index contributed by atoms with van der Waals surface area (Å²) in [7, 11) is 0. The van der Waals surface area contributed by atoms with Gasteiger partial charge >= 0.3 is 0 Å². The van der Waals surface area contributed by atoms with Crippen LogP contribution in [0.1, 0.15) is 28.7 Å². The maximum Gasteiger partial charge on any atom is 0.0995 e. The number of benzene rings is 2. The third-order valence-electron chi connectivity index (χ3n) is 4.74. The van der Waals surface area contributed by atoms with E-state index in [-0.39, 0.29) is 0 Å². The van der Waals surface area contributed by atoms with E-state index in [1.54, 1.807) is 0 Å². The first kappa shape index (κ1) is 17.2. The van der Waals surface area contributed by atoms with Gasteiger partial charge in [-0.25, -0.2) is 0 Å². The molecule has 4 nitrogen and oxygen atoms in total. The molecule has 0 aromatic heterocycles. The van der Waals surface area contributed by atoms with Gasteiger partial charge in [-0.3, -0.25) is 9.80 Å². The van der Waals surface area contributed by atoms with Crippen molar-refractivity contribution in [3.05, 3.63) is 70.8 Å². The Kier molecular flexibility index (Phi) is 5.80. The Balaban J connectivity index is 1.61. The Morgan fingerprint density at radius 2 is 1.12 bits per heavy atom. The van der Waals surface area contributed by atoms with E-state index in [2.05, 4.69) is 21.9 Å². The van der Waals surface area contributed by atoms with Gasteiger partial charge in [-0.2, -0.15) is 10.5 Å². The fourth-order valence-corrected chi connectivity index (χ4v) is 3.36.